The van der Waals surface area contributed by atoms with Crippen molar-refractivity contribution >= 4 is 8.80 Å². The molecule has 0 heterocycles. The first-order valence-corrected chi connectivity index (χ1v) is 7.97. The zero-order valence-corrected chi connectivity index (χ0v) is 12.8. The number of hydrogen-bond donors (Lipinski definition) is 0. The Hall–Kier alpha value is 1.09. The quantitative estimate of drug-likeness (QED) is 0.370. The third-order valence-electron chi connectivity index (χ3n) is 1.60. The van der Waals surface area contributed by atoms with Gasteiger partial charge in [-0.3, -0.25) is 0 Å². The maximum atomic E-state index is 3.72. The van der Waals surface area contributed by atoms with Gasteiger partial charge in [0.05, 0.1) is 0 Å². The molecular formula is C11H26ScSi-. The predicted octanol–water partition coefficient (Wildman–Crippen LogP) is 4.55. The Morgan fingerprint density at radius 3 is 1.62 bits per heavy atom. The summed E-state index contributed by atoms with van der Waals surface area (Å²) >= 11 is 0. The Kier molecular flexibility index (Phi) is 28.4. The van der Waals surface area contributed by atoms with Crippen molar-refractivity contribution in [2.45, 2.75) is 65.1 Å². The fraction of sp³-hybridized carbons (Fsp3) is 0.909. The molecule has 0 aromatic carbocycles. The first kappa shape index (κ1) is 19.6. The molecule has 0 spiro atoms. The van der Waals surface area contributed by atoms with Crippen LogP contribution in [0.15, 0.2) is 0 Å². The fourth-order valence-corrected chi connectivity index (χ4v) is 1.93. The Bertz CT molecular complexity index is 61.1. The molecule has 78 valence electrons. The summed E-state index contributed by atoms with van der Waals surface area (Å²) in [6.07, 6.45) is 6.45. The van der Waals surface area contributed by atoms with Crippen LogP contribution in [-0.4, -0.2) is 8.80 Å². The molecule has 0 bridgehead atoms. The van der Waals surface area contributed by atoms with Gasteiger partial charge in [0.1, 0.15) is 0 Å². The van der Waals surface area contributed by atoms with Crippen molar-refractivity contribution in [3.05, 3.63) is 6.92 Å². The zero-order chi connectivity index (χ0) is 9.82. The second kappa shape index (κ2) is 18.8. The van der Waals surface area contributed by atoms with Crippen molar-refractivity contribution in [1.29, 1.82) is 0 Å². The average molecular weight is 231 g/mol. The van der Waals surface area contributed by atoms with Crippen LogP contribution in [0.5, 0.6) is 0 Å². The molecule has 0 aliphatic rings. The molecule has 2 radical (unpaired) electrons. The molecule has 0 fully saturated rings. The van der Waals surface area contributed by atoms with E-state index >= 15 is 0 Å². The smallest absolute Gasteiger partial charge is 0.0412 e. The van der Waals surface area contributed by atoms with Crippen molar-refractivity contribution in [3.8, 4) is 0 Å². The molecule has 0 aliphatic carbocycles. The van der Waals surface area contributed by atoms with Crippen LogP contribution in [0.2, 0.25) is 19.1 Å². The molecule has 13 heavy (non-hydrogen) atoms. The van der Waals surface area contributed by atoms with E-state index < -0.39 is 0 Å². The van der Waals surface area contributed by atoms with Crippen LogP contribution in [0.25, 0.3) is 0 Å². The van der Waals surface area contributed by atoms with Crippen LogP contribution in [0.4, 0.5) is 0 Å². The minimum Gasteiger partial charge on any atom is -0.343 e. The summed E-state index contributed by atoms with van der Waals surface area (Å²) in [5, 5.41) is 0. The van der Waals surface area contributed by atoms with Crippen LogP contribution in [-0.2, 0) is 25.8 Å². The normalized spacial score (nSPS) is 8.77. The molecule has 0 rings (SSSR count). The van der Waals surface area contributed by atoms with Crippen LogP contribution >= 0.6 is 0 Å². The molecule has 0 unspecified atom stereocenters. The summed E-state index contributed by atoms with van der Waals surface area (Å²) in [4.78, 5) is 0. The molecule has 0 saturated heterocycles. The molecule has 0 nitrogen and oxygen atoms in total. The van der Waals surface area contributed by atoms with Gasteiger partial charge < -0.3 is 6.92 Å². The van der Waals surface area contributed by atoms with Crippen LogP contribution < -0.4 is 0 Å². The number of rotatable bonds is 5. The minimum atomic E-state index is 0. The third-order valence-corrected chi connectivity index (χ3v) is 3.10. The summed E-state index contributed by atoms with van der Waals surface area (Å²) in [5.74, 6) is 0. The first-order chi connectivity index (χ1) is 5.68. The van der Waals surface area contributed by atoms with E-state index in [9.17, 15) is 0 Å². The Morgan fingerprint density at radius 2 is 1.54 bits per heavy atom. The van der Waals surface area contributed by atoms with Gasteiger partial charge >= 0.3 is 0 Å². The summed E-state index contributed by atoms with van der Waals surface area (Å²) in [6, 6.07) is 1.48. The summed E-state index contributed by atoms with van der Waals surface area (Å²) < 4.78 is 0. The topological polar surface area (TPSA) is 0 Å². The molecule has 0 amide bonds. The van der Waals surface area contributed by atoms with Crippen molar-refractivity contribution in [1.82, 2.24) is 0 Å². The molecule has 0 N–H and O–H groups in total. The monoisotopic (exact) mass is 231 g/mol. The molecule has 0 saturated carbocycles. The van der Waals surface area contributed by atoms with Gasteiger partial charge in [-0.1, -0.05) is 58.7 Å². The van der Waals surface area contributed by atoms with Gasteiger partial charge in [-0.2, -0.15) is 6.42 Å². The summed E-state index contributed by atoms with van der Waals surface area (Å²) in [7, 11) is 0.114. The second-order valence-electron chi connectivity index (χ2n) is 3.52. The fourth-order valence-electron chi connectivity index (χ4n) is 0.927. The van der Waals surface area contributed by atoms with E-state index in [1.54, 1.807) is 0 Å². The van der Waals surface area contributed by atoms with Gasteiger partial charge in [-0.15, -0.1) is 0 Å². The van der Waals surface area contributed by atoms with Gasteiger partial charge in [0, 0.05) is 34.6 Å². The van der Waals surface area contributed by atoms with E-state index in [2.05, 4.69) is 33.9 Å². The van der Waals surface area contributed by atoms with Gasteiger partial charge in [0.15, 0.2) is 0 Å². The van der Waals surface area contributed by atoms with Crippen molar-refractivity contribution < 1.29 is 25.8 Å². The van der Waals surface area contributed by atoms with Crippen LogP contribution in [0.1, 0.15) is 46.0 Å². The van der Waals surface area contributed by atoms with Gasteiger partial charge in [-0.05, 0) is 0 Å². The van der Waals surface area contributed by atoms with E-state index in [4.69, 9.17) is 0 Å². The van der Waals surface area contributed by atoms with Gasteiger partial charge in [0.25, 0.3) is 0 Å². The van der Waals surface area contributed by atoms with E-state index in [0.29, 0.717) is 0 Å². The van der Waals surface area contributed by atoms with E-state index in [1.807, 2.05) is 0 Å². The predicted molar refractivity (Wildman–Crippen MR) is 62.1 cm³/mol. The Labute approximate surface area is 106 Å². The second-order valence-corrected chi connectivity index (χ2v) is 6.43. The summed E-state index contributed by atoms with van der Waals surface area (Å²) in [5.41, 5.74) is 0. The van der Waals surface area contributed by atoms with Gasteiger partial charge in [-0.25, -0.2) is 0 Å². The zero-order valence-electron chi connectivity index (χ0n) is 10.0. The van der Waals surface area contributed by atoms with E-state index in [-0.39, 0.29) is 34.6 Å². The molecule has 0 atom stereocenters. The van der Waals surface area contributed by atoms with E-state index in [1.165, 1.54) is 31.7 Å². The molecule has 0 aromatic heterocycles. The molecule has 2 heteroatoms. The average Bonchev–Trinajstić information content (AvgIpc) is 2.02. The van der Waals surface area contributed by atoms with E-state index in [0.717, 1.165) is 6.42 Å². The molecule has 0 aromatic rings. The van der Waals surface area contributed by atoms with Crippen molar-refractivity contribution in [2.75, 3.05) is 0 Å². The third kappa shape index (κ3) is 32.0. The van der Waals surface area contributed by atoms with Crippen molar-refractivity contribution in [2.24, 2.45) is 0 Å². The standard InChI is InChI=1S/C6H13.C5H13Si.Sc/c1-3-5-6-4-2;1-4-5-6(2)3;/h1,3-6H2,2H3;4-5H2,1-3H3;/q-1;;. The minimum absolute atomic E-state index is 0. The SMILES string of the molecule is CCC[Si](C)C.[CH2-]CCCCC.[Sc]. The maximum Gasteiger partial charge on any atom is 0.0412 e. The number of unbranched alkanes of at least 4 members (excludes halogenated alkanes) is 3. The Morgan fingerprint density at radius 1 is 1.00 bits per heavy atom. The Balaban J connectivity index is -0.000000143. The molecular weight excluding hydrogens is 205 g/mol. The maximum absolute atomic E-state index is 3.72. The van der Waals surface area contributed by atoms with Crippen LogP contribution in [0.3, 0.4) is 0 Å². The number of hydrogen-bond acceptors (Lipinski definition) is 0. The van der Waals surface area contributed by atoms with Crippen LogP contribution in [0, 0.1) is 6.92 Å². The molecule has 0 aliphatic heterocycles. The van der Waals surface area contributed by atoms with Crippen molar-refractivity contribution in [3.63, 3.8) is 0 Å². The first-order valence-electron chi connectivity index (χ1n) is 5.27. The summed E-state index contributed by atoms with van der Waals surface area (Å²) in [6.45, 7) is 12.9. The largest absolute Gasteiger partial charge is 0.343 e. The van der Waals surface area contributed by atoms with Gasteiger partial charge in [0.2, 0.25) is 0 Å².